The molecule has 14 heavy (non-hydrogen) atoms. The van der Waals surface area contributed by atoms with Gasteiger partial charge in [0.2, 0.25) is 0 Å². The van der Waals surface area contributed by atoms with E-state index >= 15 is 0 Å². The molecule has 1 aliphatic heterocycles. The van der Waals surface area contributed by atoms with Gasteiger partial charge in [0.15, 0.2) is 0 Å². The van der Waals surface area contributed by atoms with E-state index in [1.54, 1.807) is 0 Å². The predicted molar refractivity (Wildman–Crippen MR) is 58.8 cm³/mol. The molecule has 0 bridgehead atoms. The van der Waals surface area contributed by atoms with E-state index in [1.807, 2.05) is 0 Å². The summed E-state index contributed by atoms with van der Waals surface area (Å²) in [6.45, 7) is 2.27. The molecule has 1 aromatic carbocycles. The number of hydrogen-bond acceptors (Lipinski definition) is 2. The maximum atomic E-state index is 5.86. The minimum Gasteiger partial charge on any atom is -0.316 e. The van der Waals surface area contributed by atoms with Crippen LogP contribution in [0.15, 0.2) is 30.3 Å². The summed E-state index contributed by atoms with van der Waals surface area (Å²) in [6, 6.07) is 11.1. The Morgan fingerprint density at radius 1 is 1.36 bits per heavy atom. The molecule has 1 heterocycles. The molecule has 0 saturated carbocycles. The monoisotopic (exact) mass is 190 g/mol. The molecule has 0 spiro atoms. The van der Waals surface area contributed by atoms with Crippen LogP contribution < -0.4 is 11.1 Å². The van der Waals surface area contributed by atoms with Crippen LogP contribution in [0.4, 0.5) is 0 Å². The standard InChI is InChI=1S/C12H18N2/c1-9-7-12(13)14-11(9)8-10-5-3-2-4-6-10/h2-6,9,11-12,14H,7-8,13H2,1H3. The molecule has 3 unspecified atom stereocenters. The Morgan fingerprint density at radius 2 is 2.07 bits per heavy atom. The lowest BCUT2D eigenvalue weighted by Crippen LogP contribution is -2.37. The van der Waals surface area contributed by atoms with Gasteiger partial charge in [0, 0.05) is 6.04 Å². The number of nitrogens with two attached hydrogens (primary N) is 1. The predicted octanol–water partition coefficient (Wildman–Crippen LogP) is 1.51. The smallest absolute Gasteiger partial charge is 0.0551 e. The van der Waals surface area contributed by atoms with Gasteiger partial charge in [-0.1, -0.05) is 37.3 Å². The third-order valence-corrected chi connectivity index (χ3v) is 3.04. The quantitative estimate of drug-likeness (QED) is 0.742. The van der Waals surface area contributed by atoms with Crippen molar-refractivity contribution in [2.75, 3.05) is 0 Å². The van der Waals surface area contributed by atoms with Gasteiger partial charge < -0.3 is 5.73 Å². The summed E-state index contributed by atoms with van der Waals surface area (Å²) in [6.07, 6.45) is 2.38. The highest BCUT2D eigenvalue weighted by atomic mass is 15.1. The molecular formula is C12H18N2. The van der Waals surface area contributed by atoms with Gasteiger partial charge in [-0.3, -0.25) is 5.32 Å². The fourth-order valence-corrected chi connectivity index (χ4v) is 2.20. The van der Waals surface area contributed by atoms with Crippen molar-refractivity contribution in [3.05, 3.63) is 35.9 Å². The van der Waals surface area contributed by atoms with E-state index in [0.717, 1.165) is 12.8 Å². The maximum absolute atomic E-state index is 5.86. The van der Waals surface area contributed by atoms with Gasteiger partial charge in [0.05, 0.1) is 6.17 Å². The molecule has 3 atom stereocenters. The molecule has 1 saturated heterocycles. The largest absolute Gasteiger partial charge is 0.316 e. The molecule has 0 aliphatic carbocycles. The fraction of sp³-hybridized carbons (Fsp3) is 0.500. The summed E-state index contributed by atoms with van der Waals surface area (Å²) in [5.74, 6) is 0.685. The van der Waals surface area contributed by atoms with Crippen LogP contribution >= 0.6 is 0 Å². The van der Waals surface area contributed by atoms with Crippen LogP contribution in [0.5, 0.6) is 0 Å². The first kappa shape index (κ1) is 9.69. The van der Waals surface area contributed by atoms with E-state index < -0.39 is 0 Å². The first-order valence-corrected chi connectivity index (χ1v) is 5.31. The van der Waals surface area contributed by atoms with Crippen molar-refractivity contribution in [3.8, 4) is 0 Å². The minimum atomic E-state index is 0.193. The molecule has 1 aromatic rings. The van der Waals surface area contributed by atoms with Crippen molar-refractivity contribution < 1.29 is 0 Å². The second kappa shape index (κ2) is 4.11. The topological polar surface area (TPSA) is 38.0 Å². The molecule has 0 amide bonds. The average Bonchev–Trinajstić information content (AvgIpc) is 2.47. The molecule has 76 valence electrons. The number of rotatable bonds is 2. The Labute approximate surface area is 85.5 Å². The van der Waals surface area contributed by atoms with Gasteiger partial charge in [0.25, 0.3) is 0 Å². The Balaban J connectivity index is 1.98. The van der Waals surface area contributed by atoms with Gasteiger partial charge in [-0.15, -0.1) is 0 Å². The van der Waals surface area contributed by atoms with Crippen molar-refractivity contribution in [1.82, 2.24) is 5.32 Å². The van der Waals surface area contributed by atoms with Crippen molar-refractivity contribution in [3.63, 3.8) is 0 Å². The summed E-state index contributed by atoms with van der Waals surface area (Å²) in [5.41, 5.74) is 7.25. The Hall–Kier alpha value is -0.860. The molecular weight excluding hydrogens is 172 g/mol. The highest BCUT2D eigenvalue weighted by Crippen LogP contribution is 2.20. The van der Waals surface area contributed by atoms with Gasteiger partial charge in [-0.25, -0.2) is 0 Å². The van der Waals surface area contributed by atoms with E-state index in [-0.39, 0.29) is 6.17 Å². The third-order valence-electron chi connectivity index (χ3n) is 3.04. The zero-order chi connectivity index (χ0) is 9.97. The van der Waals surface area contributed by atoms with Crippen LogP contribution in [0.25, 0.3) is 0 Å². The molecule has 2 rings (SSSR count). The van der Waals surface area contributed by atoms with Crippen LogP contribution in [-0.4, -0.2) is 12.2 Å². The van der Waals surface area contributed by atoms with Crippen LogP contribution in [0.3, 0.4) is 0 Å². The highest BCUT2D eigenvalue weighted by Gasteiger charge is 2.27. The van der Waals surface area contributed by atoms with Crippen molar-refractivity contribution in [2.24, 2.45) is 11.7 Å². The molecule has 1 fully saturated rings. The summed E-state index contributed by atoms with van der Waals surface area (Å²) in [7, 11) is 0. The Morgan fingerprint density at radius 3 is 2.64 bits per heavy atom. The molecule has 2 nitrogen and oxygen atoms in total. The first-order chi connectivity index (χ1) is 6.75. The Bertz CT molecular complexity index is 284. The summed E-state index contributed by atoms with van der Waals surface area (Å²) < 4.78 is 0. The van der Waals surface area contributed by atoms with E-state index in [9.17, 15) is 0 Å². The average molecular weight is 190 g/mol. The van der Waals surface area contributed by atoms with Crippen LogP contribution in [0.1, 0.15) is 18.9 Å². The minimum absolute atomic E-state index is 0.193. The fourth-order valence-electron chi connectivity index (χ4n) is 2.20. The lowest BCUT2D eigenvalue weighted by atomic mass is 9.96. The Kier molecular flexibility index (Phi) is 2.85. The first-order valence-electron chi connectivity index (χ1n) is 5.31. The van der Waals surface area contributed by atoms with Gasteiger partial charge in [-0.05, 0) is 24.3 Å². The zero-order valence-corrected chi connectivity index (χ0v) is 8.61. The maximum Gasteiger partial charge on any atom is 0.0551 e. The van der Waals surface area contributed by atoms with E-state index in [4.69, 9.17) is 5.73 Å². The summed E-state index contributed by atoms with van der Waals surface area (Å²) in [5, 5.41) is 3.43. The lowest BCUT2D eigenvalue weighted by molar-refractivity contribution is 0.476. The van der Waals surface area contributed by atoms with Gasteiger partial charge in [-0.2, -0.15) is 0 Å². The zero-order valence-electron chi connectivity index (χ0n) is 8.61. The number of benzene rings is 1. The number of hydrogen-bond donors (Lipinski definition) is 2. The van der Waals surface area contributed by atoms with Crippen molar-refractivity contribution in [1.29, 1.82) is 0 Å². The molecule has 2 heteroatoms. The van der Waals surface area contributed by atoms with Gasteiger partial charge >= 0.3 is 0 Å². The van der Waals surface area contributed by atoms with Crippen molar-refractivity contribution >= 4 is 0 Å². The third kappa shape index (κ3) is 2.14. The molecule has 0 radical (unpaired) electrons. The highest BCUT2D eigenvalue weighted by molar-refractivity contribution is 5.16. The van der Waals surface area contributed by atoms with E-state index in [1.165, 1.54) is 5.56 Å². The van der Waals surface area contributed by atoms with E-state index in [0.29, 0.717) is 12.0 Å². The molecule has 1 aliphatic rings. The van der Waals surface area contributed by atoms with Crippen LogP contribution in [0.2, 0.25) is 0 Å². The summed E-state index contributed by atoms with van der Waals surface area (Å²) >= 11 is 0. The molecule has 0 aromatic heterocycles. The van der Waals surface area contributed by atoms with Gasteiger partial charge in [0.1, 0.15) is 0 Å². The second-order valence-corrected chi connectivity index (χ2v) is 4.28. The SMILES string of the molecule is CC1CC(N)NC1Cc1ccccc1. The second-order valence-electron chi connectivity index (χ2n) is 4.28. The lowest BCUT2D eigenvalue weighted by Gasteiger charge is -2.15. The molecule has 3 N–H and O–H groups in total. The van der Waals surface area contributed by atoms with Crippen molar-refractivity contribution in [2.45, 2.75) is 32.0 Å². The van der Waals surface area contributed by atoms with Crippen LogP contribution in [-0.2, 0) is 6.42 Å². The van der Waals surface area contributed by atoms with E-state index in [2.05, 4.69) is 42.6 Å². The summed E-state index contributed by atoms with van der Waals surface area (Å²) in [4.78, 5) is 0. The van der Waals surface area contributed by atoms with Crippen LogP contribution in [0, 0.1) is 5.92 Å². The number of nitrogens with one attached hydrogen (secondary N) is 1. The normalized spacial score (nSPS) is 32.0.